The number of esters is 1. The highest BCUT2D eigenvalue weighted by Crippen LogP contribution is 2.18. The Morgan fingerprint density at radius 1 is 0.476 bits per heavy atom. The highest BCUT2D eigenvalue weighted by atomic mass is 16.5. The third-order valence-corrected chi connectivity index (χ3v) is 12.4. The van der Waals surface area contributed by atoms with Gasteiger partial charge >= 0.3 is 5.97 Å². The summed E-state index contributed by atoms with van der Waals surface area (Å²) >= 11 is 0. The number of hydrogen-bond acceptors (Lipinski definition) is 5. The van der Waals surface area contributed by atoms with Crippen LogP contribution in [-0.4, -0.2) is 46.9 Å². The van der Waals surface area contributed by atoms with Crippen molar-refractivity contribution < 1.29 is 24.5 Å². The lowest BCUT2D eigenvalue weighted by atomic mass is 10.0. The third kappa shape index (κ3) is 46.2. The highest BCUT2D eigenvalue weighted by Gasteiger charge is 2.24. The number of carbonyl (C=O) groups excluding carboxylic acids is 2. The number of hydrogen-bond donors (Lipinski definition) is 3. The number of carbonyl (C=O) groups is 2. The monoisotopic (exact) mass is 884 g/mol. The Bertz CT molecular complexity index is 1080. The van der Waals surface area contributed by atoms with Gasteiger partial charge < -0.3 is 20.3 Å². The van der Waals surface area contributed by atoms with E-state index in [4.69, 9.17) is 4.74 Å². The van der Waals surface area contributed by atoms with Gasteiger partial charge in [0.15, 0.2) is 0 Å². The number of allylic oxidation sites excluding steroid dienone is 8. The first-order chi connectivity index (χ1) is 31.0. The van der Waals surface area contributed by atoms with E-state index in [1.54, 1.807) is 0 Å². The van der Waals surface area contributed by atoms with Gasteiger partial charge in [0.25, 0.3) is 0 Å². The van der Waals surface area contributed by atoms with Crippen LogP contribution in [0.15, 0.2) is 48.6 Å². The van der Waals surface area contributed by atoms with E-state index in [0.717, 1.165) is 83.5 Å². The highest BCUT2D eigenvalue weighted by molar-refractivity contribution is 5.77. The molecule has 0 bridgehead atoms. The van der Waals surface area contributed by atoms with E-state index in [2.05, 4.69) is 74.7 Å². The molecule has 0 aliphatic heterocycles. The van der Waals surface area contributed by atoms with Gasteiger partial charge in [-0.3, -0.25) is 9.59 Å². The van der Waals surface area contributed by atoms with Crippen LogP contribution < -0.4 is 5.32 Å². The molecule has 0 heterocycles. The molecule has 0 aliphatic rings. The minimum absolute atomic E-state index is 0.0623. The number of amides is 1. The Kier molecular flexibility index (Phi) is 49.1. The Morgan fingerprint density at radius 3 is 1.33 bits per heavy atom. The fraction of sp³-hybridized carbons (Fsp3) is 0.825. The number of unbranched alkanes of at least 4 members (excludes halogenated alkanes) is 30. The molecule has 0 radical (unpaired) electrons. The zero-order chi connectivity index (χ0) is 45.9. The molecule has 0 aromatic heterocycles. The minimum Gasteiger partial charge on any atom is -0.462 e. The summed E-state index contributed by atoms with van der Waals surface area (Å²) in [5.41, 5.74) is 0. The average Bonchev–Trinajstić information content (AvgIpc) is 3.28. The van der Waals surface area contributed by atoms with Crippen molar-refractivity contribution in [1.29, 1.82) is 0 Å². The zero-order valence-electron chi connectivity index (χ0n) is 42.0. The topological polar surface area (TPSA) is 95.9 Å². The molecule has 6 heteroatoms. The van der Waals surface area contributed by atoms with Crippen LogP contribution in [0.5, 0.6) is 0 Å². The Balaban J connectivity index is 4.63. The van der Waals surface area contributed by atoms with E-state index in [0.29, 0.717) is 19.3 Å². The summed E-state index contributed by atoms with van der Waals surface area (Å²) in [6, 6.07) is -0.709. The Hall–Kier alpha value is -2.18. The van der Waals surface area contributed by atoms with Gasteiger partial charge in [-0.15, -0.1) is 0 Å². The van der Waals surface area contributed by atoms with Crippen LogP contribution in [0, 0.1) is 0 Å². The number of aliphatic hydroxyl groups excluding tert-OH is 2. The second-order valence-electron chi connectivity index (χ2n) is 18.7. The van der Waals surface area contributed by atoms with Crippen LogP contribution in [-0.2, 0) is 14.3 Å². The predicted molar refractivity (Wildman–Crippen MR) is 273 cm³/mol. The number of ether oxygens (including phenoxy) is 1. The summed E-state index contributed by atoms with van der Waals surface area (Å²) in [7, 11) is 0. The largest absolute Gasteiger partial charge is 0.462 e. The summed E-state index contributed by atoms with van der Waals surface area (Å²) in [5, 5.41) is 23.8. The van der Waals surface area contributed by atoms with Crippen molar-refractivity contribution in [3.05, 3.63) is 48.6 Å². The molecule has 368 valence electrons. The van der Waals surface area contributed by atoms with Gasteiger partial charge in [-0.05, 0) is 83.5 Å². The summed E-state index contributed by atoms with van der Waals surface area (Å²) < 4.78 is 5.94. The smallest absolute Gasteiger partial charge is 0.306 e. The van der Waals surface area contributed by atoms with Gasteiger partial charge in [-0.25, -0.2) is 0 Å². The molecule has 0 aliphatic carbocycles. The van der Waals surface area contributed by atoms with E-state index < -0.39 is 18.2 Å². The maximum atomic E-state index is 13.2. The van der Waals surface area contributed by atoms with Crippen molar-refractivity contribution in [1.82, 2.24) is 5.32 Å². The summed E-state index contributed by atoms with van der Waals surface area (Å²) in [6.07, 6.45) is 61.7. The molecular weight excluding hydrogens is 779 g/mol. The SMILES string of the molecule is CCCCC/C=C\C/C=C\CCCCCCCCCC(CC(=O)NC(CO)C(O)CCCCCCCCCCCCC)OC(=O)CCCCC/C=C/C=C/CCCCCCCCC. The molecule has 63 heavy (non-hydrogen) atoms. The molecule has 0 saturated heterocycles. The van der Waals surface area contributed by atoms with Crippen LogP contribution in [0.25, 0.3) is 0 Å². The molecular formula is C57H105NO5. The maximum absolute atomic E-state index is 13.2. The Labute approximate surface area is 391 Å². The van der Waals surface area contributed by atoms with Crippen LogP contribution in [0.4, 0.5) is 0 Å². The second-order valence-corrected chi connectivity index (χ2v) is 18.7. The molecule has 0 aromatic rings. The van der Waals surface area contributed by atoms with Gasteiger partial charge in [-0.1, -0.05) is 230 Å². The molecule has 3 atom stereocenters. The molecule has 3 unspecified atom stereocenters. The van der Waals surface area contributed by atoms with Crippen molar-refractivity contribution in [3.63, 3.8) is 0 Å². The van der Waals surface area contributed by atoms with E-state index in [1.165, 1.54) is 148 Å². The molecule has 0 aromatic carbocycles. The first-order valence-corrected chi connectivity index (χ1v) is 27.4. The summed E-state index contributed by atoms with van der Waals surface area (Å²) in [4.78, 5) is 26.2. The normalized spacial score (nSPS) is 13.5. The lowest BCUT2D eigenvalue weighted by molar-refractivity contribution is -0.151. The molecule has 0 saturated carbocycles. The minimum atomic E-state index is -0.794. The van der Waals surface area contributed by atoms with Crippen molar-refractivity contribution >= 4 is 11.9 Å². The average molecular weight is 884 g/mol. The van der Waals surface area contributed by atoms with E-state index in [1.807, 2.05) is 0 Å². The fourth-order valence-electron chi connectivity index (χ4n) is 8.22. The molecule has 3 N–H and O–H groups in total. The first kappa shape index (κ1) is 60.8. The van der Waals surface area contributed by atoms with Crippen molar-refractivity contribution in [2.24, 2.45) is 0 Å². The summed E-state index contributed by atoms with van der Waals surface area (Å²) in [6.45, 7) is 6.45. The lowest BCUT2D eigenvalue weighted by Crippen LogP contribution is -2.46. The molecule has 6 nitrogen and oxygen atoms in total. The zero-order valence-corrected chi connectivity index (χ0v) is 42.0. The Morgan fingerprint density at radius 2 is 0.857 bits per heavy atom. The molecule has 0 rings (SSSR count). The number of aliphatic hydroxyl groups is 2. The van der Waals surface area contributed by atoms with E-state index in [9.17, 15) is 19.8 Å². The molecule has 0 spiro atoms. The van der Waals surface area contributed by atoms with Crippen molar-refractivity contribution in [2.75, 3.05) is 6.61 Å². The van der Waals surface area contributed by atoms with Crippen molar-refractivity contribution in [3.8, 4) is 0 Å². The van der Waals surface area contributed by atoms with Gasteiger partial charge in [0.05, 0.1) is 25.2 Å². The van der Waals surface area contributed by atoms with Crippen LogP contribution in [0.2, 0.25) is 0 Å². The molecule has 0 fully saturated rings. The van der Waals surface area contributed by atoms with Crippen LogP contribution >= 0.6 is 0 Å². The van der Waals surface area contributed by atoms with E-state index >= 15 is 0 Å². The quantitative estimate of drug-likeness (QED) is 0.0245. The fourth-order valence-corrected chi connectivity index (χ4v) is 8.22. The summed E-state index contributed by atoms with van der Waals surface area (Å²) in [5.74, 6) is -0.506. The third-order valence-electron chi connectivity index (χ3n) is 12.4. The standard InChI is InChI=1S/C57H105NO5/c1-4-7-10-13-16-19-22-24-26-28-29-31-34-36-39-42-45-48-53(63-57(62)50-47-44-41-38-35-32-30-27-25-23-20-17-14-11-8-5-2)51-56(61)58-54(52-59)55(60)49-46-43-40-37-33-21-18-15-12-9-6-3/h16,19,24,26-27,30,32,35,53-55,59-60H,4-15,17-18,20-23,25,28-29,31,33-34,36-52H2,1-3H3,(H,58,61)/b19-16-,26-24-,30-27+,35-32+. The second kappa shape index (κ2) is 50.8. The van der Waals surface area contributed by atoms with Crippen molar-refractivity contribution in [2.45, 2.75) is 296 Å². The van der Waals surface area contributed by atoms with Gasteiger partial charge in [0, 0.05) is 6.42 Å². The van der Waals surface area contributed by atoms with Gasteiger partial charge in [0.1, 0.15) is 6.10 Å². The maximum Gasteiger partial charge on any atom is 0.306 e. The van der Waals surface area contributed by atoms with Crippen LogP contribution in [0.3, 0.4) is 0 Å². The van der Waals surface area contributed by atoms with Crippen LogP contribution in [0.1, 0.15) is 278 Å². The van der Waals surface area contributed by atoms with E-state index in [-0.39, 0.29) is 24.9 Å². The van der Waals surface area contributed by atoms with Gasteiger partial charge in [0.2, 0.25) is 5.91 Å². The first-order valence-electron chi connectivity index (χ1n) is 27.4. The lowest BCUT2D eigenvalue weighted by Gasteiger charge is -2.24. The number of rotatable bonds is 49. The number of nitrogens with one attached hydrogen (secondary N) is 1. The van der Waals surface area contributed by atoms with Gasteiger partial charge in [-0.2, -0.15) is 0 Å². The predicted octanol–water partition coefficient (Wildman–Crippen LogP) is 16.6. The molecule has 1 amide bonds.